The molecule has 1 atom stereocenters. The minimum atomic E-state index is -0.558. The van der Waals surface area contributed by atoms with Crippen LogP contribution < -0.4 is 5.32 Å². The lowest BCUT2D eigenvalue weighted by Gasteiger charge is -2.16. The Labute approximate surface area is 168 Å². The van der Waals surface area contributed by atoms with Crippen molar-refractivity contribution in [3.8, 4) is 0 Å². The van der Waals surface area contributed by atoms with Gasteiger partial charge in [0, 0.05) is 30.2 Å². The van der Waals surface area contributed by atoms with E-state index in [1.807, 2.05) is 37.3 Å². The molecular weight excluding hydrogens is 380 g/mol. The molecule has 0 saturated carbocycles. The van der Waals surface area contributed by atoms with Gasteiger partial charge in [-0.15, -0.1) is 0 Å². The van der Waals surface area contributed by atoms with E-state index >= 15 is 0 Å². The van der Waals surface area contributed by atoms with Gasteiger partial charge in [-0.05, 0) is 30.2 Å². The number of nitrogens with zero attached hydrogens (tertiary/aromatic N) is 1. The summed E-state index contributed by atoms with van der Waals surface area (Å²) in [7, 11) is 0. The summed E-state index contributed by atoms with van der Waals surface area (Å²) in [6, 6.07) is 14.7. The summed E-state index contributed by atoms with van der Waals surface area (Å²) in [5, 5.41) is 3.17. The third-order valence-electron chi connectivity index (χ3n) is 4.57. The monoisotopic (exact) mass is 400 g/mol. The van der Waals surface area contributed by atoms with Crippen molar-refractivity contribution in [2.75, 3.05) is 18.5 Å². The molecule has 6 nitrogen and oxygen atoms in total. The number of ether oxygens (including phenoxy) is 1. The first-order valence-electron chi connectivity index (χ1n) is 8.96. The summed E-state index contributed by atoms with van der Waals surface area (Å²) in [4.78, 5) is 38.0. The van der Waals surface area contributed by atoms with Gasteiger partial charge < -0.3 is 15.0 Å². The van der Waals surface area contributed by atoms with Gasteiger partial charge in [-0.1, -0.05) is 48.0 Å². The Morgan fingerprint density at radius 1 is 1.21 bits per heavy atom. The van der Waals surface area contributed by atoms with Gasteiger partial charge in [0.05, 0.1) is 5.92 Å². The number of carbonyl (C=O) groups excluding carboxylic acids is 3. The smallest absolute Gasteiger partial charge is 0.311 e. The first-order valence-corrected chi connectivity index (χ1v) is 9.34. The molecule has 0 unspecified atom stereocenters. The molecule has 0 aromatic heterocycles. The van der Waals surface area contributed by atoms with Crippen LogP contribution in [0.1, 0.15) is 17.5 Å². The molecule has 1 aliphatic heterocycles. The standard InChI is InChI=1S/C21H21ClN2O4/c1-14-7-8-17(10-18(14)22)23-19(25)13-28-21(27)16-9-20(26)24(12-16)11-15-5-3-2-4-6-15/h2-8,10,16H,9,11-13H2,1H3,(H,23,25)/t16-/m1/s1. The number of rotatable bonds is 6. The van der Waals surface area contributed by atoms with E-state index in [4.69, 9.17) is 16.3 Å². The molecule has 146 valence electrons. The zero-order valence-corrected chi connectivity index (χ0v) is 16.2. The Balaban J connectivity index is 1.47. The second-order valence-corrected chi connectivity index (χ2v) is 7.19. The third-order valence-corrected chi connectivity index (χ3v) is 4.97. The molecule has 1 heterocycles. The molecule has 2 amide bonds. The predicted molar refractivity (Wildman–Crippen MR) is 106 cm³/mol. The number of carbonyl (C=O) groups is 3. The molecule has 1 fully saturated rings. The quantitative estimate of drug-likeness (QED) is 0.755. The minimum Gasteiger partial charge on any atom is -0.455 e. The van der Waals surface area contributed by atoms with Crippen LogP contribution in [0.5, 0.6) is 0 Å². The topological polar surface area (TPSA) is 75.7 Å². The average molecular weight is 401 g/mol. The lowest BCUT2D eigenvalue weighted by atomic mass is 10.1. The molecular formula is C21H21ClN2O4. The zero-order chi connectivity index (χ0) is 20.1. The van der Waals surface area contributed by atoms with Crippen LogP contribution in [0.3, 0.4) is 0 Å². The Hall–Kier alpha value is -2.86. The van der Waals surface area contributed by atoms with E-state index in [2.05, 4.69) is 5.32 Å². The minimum absolute atomic E-state index is 0.0930. The van der Waals surface area contributed by atoms with Crippen LogP contribution in [0.2, 0.25) is 5.02 Å². The number of hydrogen-bond donors (Lipinski definition) is 1. The maximum atomic E-state index is 12.2. The molecule has 0 spiro atoms. The largest absolute Gasteiger partial charge is 0.455 e. The fraction of sp³-hybridized carbons (Fsp3) is 0.286. The Morgan fingerprint density at radius 2 is 1.96 bits per heavy atom. The van der Waals surface area contributed by atoms with Crippen molar-refractivity contribution in [3.63, 3.8) is 0 Å². The van der Waals surface area contributed by atoms with Crippen molar-refractivity contribution in [2.24, 2.45) is 5.92 Å². The molecule has 1 saturated heterocycles. The van der Waals surface area contributed by atoms with E-state index < -0.39 is 24.4 Å². The highest BCUT2D eigenvalue weighted by molar-refractivity contribution is 6.31. The number of anilines is 1. The van der Waals surface area contributed by atoms with E-state index in [-0.39, 0.29) is 12.3 Å². The van der Waals surface area contributed by atoms with Crippen molar-refractivity contribution < 1.29 is 19.1 Å². The van der Waals surface area contributed by atoms with Gasteiger partial charge in [0.2, 0.25) is 5.91 Å². The van der Waals surface area contributed by atoms with Crippen molar-refractivity contribution >= 4 is 35.1 Å². The normalized spacial score (nSPS) is 16.1. The van der Waals surface area contributed by atoms with E-state index in [0.717, 1.165) is 11.1 Å². The highest BCUT2D eigenvalue weighted by Gasteiger charge is 2.35. The molecule has 0 bridgehead atoms. The van der Waals surface area contributed by atoms with Crippen LogP contribution in [0, 0.1) is 12.8 Å². The van der Waals surface area contributed by atoms with Crippen LogP contribution in [-0.2, 0) is 25.7 Å². The molecule has 1 aliphatic rings. The van der Waals surface area contributed by atoms with Crippen molar-refractivity contribution in [1.29, 1.82) is 0 Å². The Bertz CT molecular complexity index is 885. The third kappa shape index (κ3) is 5.10. The lowest BCUT2D eigenvalue weighted by molar-refractivity contribution is -0.151. The average Bonchev–Trinajstić information content (AvgIpc) is 3.04. The summed E-state index contributed by atoms with van der Waals surface area (Å²) in [6.45, 7) is 2.20. The Kier molecular flexibility index (Phi) is 6.31. The van der Waals surface area contributed by atoms with Crippen molar-refractivity contribution in [3.05, 3.63) is 64.7 Å². The van der Waals surface area contributed by atoms with E-state index in [0.29, 0.717) is 23.8 Å². The number of hydrogen-bond acceptors (Lipinski definition) is 4. The van der Waals surface area contributed by atoms with Gasteiger partial charge in [-0.3, -0.25) is 14.4 Å². The lowest BCUT2D eigenvalue weighted by Crippen LogP contribution is -2.28. The molecule has 2 aromatic carbocycles. The number of nitrogens with one attached hydrogen (secondary N) is 1. The number of amides is 2. The van der Waals surface area contributed by atoms with E-state index in [1.165, 1.54) is 0 Å². The molecule has 28 heavy (non-hydrogen) atoms. The summed E-state index contributed by atoms with van der Waals surface area (Å²) in [5.74, 6) is -1.65. The maximum Gasteiger partial charge on any atom is 0.311 e. The van der Waals surface area contributed by atoms with Gasteiger partial charge >= 0.3 is 5.97 Å². The highest BCUT2D eigenvalue weighted by atomic mass is 35.5. The van der Waals surface area contributed by atoms with Crippen LogP contribution in [0.25, 0.3) is 0 Å². The van der Waals surface area contributed by atoms with E-state index in [9.17, 15) is 14.4 Å². The second kappa shape index (κ2) is 8.89. The fourth-order valence-corrected chi connectivity index (χ4v) is 3.19. The summed E-state index contributed by atoms with van der Waals surface area (Å²) < 4.78 is 5.10. The molecule has 1 N–H and O–H groups in total. The molecule has 3 rings (SSSR count). The van der Waals surface area contributed by atoms with Crippen LogP contribution >= 0.6 is 11.6 Å². The second-order valence-electron chi connectivity index (χ2n) is 6.78. The summed E-state index contributed by atoms with van der Waals surface area (Å²) >= 11 is 6.02. The van der Waals surface area contributed by atoms with Gasteiger partial charge in [0.25, 0.3) is 5.91 Å². The number of aryl methyl sites for hydroxylation is 1. The van der Waals surface area contributed by atoms with Crippen molar-refractivity contribution in [1.82, 2.24) is 4.90 Å². The van der Waals surface area contributed by atoms with Crippen molar-refractivity contribution in [2.45, 2.75) is 19.9 Å². The van der Waals surface area contributed by atoms with Gasteiger partial charge in [-0.25, -0.2) is 0 Å². The van der Waals surface area contributed by atoms with Crippen LogP contribution in [0.15, 0.2) is 48.5 Å². The molecule has 2 aromatic rings. The Morgan fingerprint density at radius 3 is 2.68 bits per heavy atom. The molecule has 7 heteroatoms. The summed E-state index contributed by atoms with van der Waals surface area (Å²) in [6.07, 6.45) is 0.0981. The van der Waals surface area contributed by atoms with Gasteiger partial charge in [0.15, 0.2) is 6.61 Å². The molecule has 0 aliphatic carbocycles. The van der Waals surface area contributed by atoms with Gasteiger partial charge in [-0.2, -0.15) is 0 Å². The first-order chi connectivity index (χ1) is 13.4. The molecule has 0 radical (unpaired) electrons. The SMILES string of the molecule is Cc1ccc(NC(=O)COC(=O)[C@@H]2CC(=O)N(Cc3ccccc3)C2)cc1Cl. The maximum absolute atomic E-state index is 12.2. The first kappa shape index (κ1) is 19.9. The number of halogens is 1. The summed E-state index contributed by atoms with van der Waals surface area (Å²) in [5.41, 5.74) is 2.43. The van der Waals surface area contributed by atoms with Crippen LogP contribution in [-0.4, -0.2) is 35.8 Å². The highest BCUT2D eigenvalue weighted by Crippen LogP contribution is 2.22. The predicted octanol–water partition coefficient (Wildman–Crippen LogP) is 3.18. The number of benzene rings is 2. The van der Waals surface area contributed by atoms with Gasteiger partial charge in [0.1, 0.15) is 0 Å². The number of likely N-dealkylation sites (tertiary alicyclic amines) is 1. The fourth-order valence-electron chi connectivity index (χ4n) is 3.01. The number of esters is 1. The zero-order valence-electron chi connectivity index (χ0n) is 15.5. The van der Waals surface area contributed by atoms with E-state index in [1.54, 1.807) is 23.1 Å². The van der Waals surface area contributed by atoms with Crippen LogP contribution in [0.4, 0.5) is 5.69 Å².